The second-order valence-electron chi connectivity index (χ2n) is 7.40. The van der Waals surface area contributed by atoms with Gasteiger partial charge in [-0.3, -0.25) is 4.79 Å². The molecule has 1 amide bonds. The van der Waals surface area contributed by atoms with Gasteiger partial charge in [-0.05, 0) is 48.7 Å². The Balaban J connectivity index is 1.38. The molecule has 0 radical (unpaired) electrons. The fourth-order valence-electron chi connectivity index (χ4n) is 3.31. The van der Waals surface area contributed by atoms with E-state index in [9.17, 15) is 9.90 Å². The third-order valence-electron chi connectivity index (χ3n) is 4.95. The van der Waals surface area contributed by atoms with E-state index in [1.807, 2.05) is 55.5 Å². The van der Waals surface area contributed by atoms with Crippen molar-refractivity contribution in [2.75, 3.05) is 13.2 Å². The number of fused-ring (bicyclic) bond motifs is 1. The normalized spacial score (nSPS) is 11.2. The zero-order valence-corrected chi connectivity index (χ0v) is 19.1. The molecular weight excluding hydrogens is 444 g/mol. The van der Waals surface area contributed by atoms with E-state index in [1.54, 1.807) is 30.3 Å². The quantitative estimate of drug-likeness (QED) is 0.182. The third-order valence-corrected chi connectivity index (χ3v) is 4.95. The van der Waals surface area contributed by atoms with E-state index >= 15 is 0 Å². The number of hydrogen-bond acceptors (Lipinski definition) is 7. The summed E-state index contributed by atoms with van der Waals surface area (Å²) < 4.78 is 11.0. The predicted molar refractivity (Wildman–Crippen MR) is 135 cm³/mol. The van der Waals surface area contributed by atoms with Crippen LogP contribution in [-0.2, 0) is 4.79 Å². The molecule has 4 rings (SSSR count). The number of azo groups is 1. The van der Waals surface area contributed by atoms with Crippen molar-refractivity contribution in [1.29, 1.82) is 0 Å². The van der Waals surface area contributed by atoms with Crippen LogP contribution in [0.3, 0.4) is 0 Å². The molecule has 0 fully saturated rings. The maximum atomic E-state index is 12.1. The Hall–Kier alpha value is -4.72. The fraction of sp³-hybridized carbons (Fsp3) is 0.111. The Morgan fingerprint density at radius 1 is 0.914 bits per heavy atom. The molecule has 0 aliphatic rings. The maximum absolute atomic E-state index is 12.1. The number of nitrogens with zero attached hydrogens (tertiary/aromatic N) is 3. The zero-order valence-electron chi connectivity index (χ0n) is 19.1. The van der Waals surface area contributed by atoms with E-state index in [2.05, 4.69) is 20.8 Å². The molecule has 176 valence electrons. The lowest BCUT2D eigenvalue weighted by atomic mass is 10.1. The molecule has 0 aliphatic heterocycles. The first-order chi connectivity index (χ1) is 17.1. The second kappa shape index (κ2) is 11.4. The van der Waals surface area contributed by atoms with Crippen LogP contribution in [0.1, 0.15) is 12.5 Å². The van der Waals surface area contributed by atoms with Crippen LogP contribution in [-0.4, -0.2) is 30.4 Å². The lowest BCUT2D eigenvalue weighted by Gasteiger charge is -2.10. The van der Waals surface area contributed by atoms with Crippen LogP contribution in [0.15, 0.2) is 100 Å². The molecule has 4 aromatic carbocycles. The van der Waals surface area contributed by atoms with Gasteiger partial charge in [-0.2, -0.15) is 10.2 Å². The van der Waals surface area contributed by atoms with Gasteiger partial charge in [0.1, 0.15) is 5.75 Å². The van der Waals surface area contributed by atoms with Crippen LogP contribution in [0.4, 0.5) is 11.4 Å². The molecule has 0 atom stereocenters. The Bertz CT molecular complexity index is 1380. The molecule has 35 heavy (non-hydrogen) atoms. The second-order valence-corrected chi connectivity index (χ2v) is 7.40. The van der Waals surface area contributed by atoms with E-state index in [0.717, 1.165) is 16.5 Å². The number of rotatable bonds is 9. The van der Waals surface area contributed by atoms with Crippen LogP contribution in [0, 0.1) is 0 Å². The highest BCUT2D eigenvalue weighted by atomic mass is 16.5. The minimum absolute atomic E-state index is 0.00555. The molecule has 4 aromatic rings. The zero-order chi connectivity index (χ0) is 24.5. The topological polar surface area (TPSA) is 105 Å². The van der Waals surface area contributed by atoms with Gasteiger partial charge in [-0.25, -0.2) is 5.43 Å². The number of phenols is 1. The molecule has 0 saturated heterocycles. The molecule has 2 N–H and O–H groups in total. The van der Waals surface area contributed by atoms with Crippen LogP contribution < -0.4 is 14.9 Å². The summed E-state index contributed by atoms with van der Waals surface area (Å²) >= 11 is 0. The lowest BCUT2D eigenvalue weighted by molar-refractivity contribution is -0.123. The first kappa shape index (κ1) is 23.4. The van der Waals surface area contributed by atoms with Crippen LogP contribution in [0.2, 0.25) is 0 Å². The molecule has 0 aliphatic carbocycles. The van der Waals surface area contributed by atoms with Crippen LogP contribution in [0.25, 0.3) is 10.8 Å². The van der Waals surface area contributed by atoms with Crippen molar-refractivity contribution in [3.63, 3.8) is 0 Å². The summed E-state index contributed by atoms with van der Waals surface area (Å²) in [6.45, 7) is 2.11. The summed E-state index contributed by atoms with van der Waals surface area (Å²) in [7, 11) is 0. The number of para-hydroxylation sites is 2. The first-order valence-electron chi connectivity index (χ1n) is 11.0. The maximum Gasteiger partial charge on any atom is 0.277 e. The summed E-state index contributed by atoms with van der Waals surface area (Å²) in [5, 5.41) is 24.8. The number of nitrogens with one attached hydrogen (secondary N) is 1. The fourth-order valence-corrected chi connectivity index (χ4v) is 3.31. The number of phenolic OH excluding ortho intramolecular Hbond substituents is 1. The molecule has 0 saturated carbocycles. The van der Waals surface area contributed by atoms with Crippen molar-refractivity contribution in [3.8, 4) is 17.2 Å². The van der Waals surface area contributed by atoms with Gasteiger partial charge in [0.15, 0.2) is 18.1 Å². The number of aromatic hydroxyl groups is 1. The summed E-state index contributed by atoms with van der Waals surface area (Å²) in [5.74, 6) is 0.564. The summed E-state index contributed by atoms with van der Waals surface area (Å²) in [5.41, 5.74) is 4.02. The monoisotopic (exact) mass is 468 g/mol. The van der Waals surface area contributed by atoms with Crippen molar-refractivity contribution in [3.05, 3.63) is 90.5 Å². The van der Waals surface area contributed by atoms with Crippen molar-refractivity contribution < 1.29 is 19.4 Å². The highest BCUT2D eigenvalue weighted by molar-refractivity contribution is 5.92. The van der Waals surface area contributed by atoms with Crippen molar-refractivity contribution in [2.45, 2.75) is 6.92 Å². The van der Waals surface area contributed by atoms with Gasteiger partial charge in [-0.1, -0.05) is 48.5 Å². The lowest BCUT2D eigenvalue weighted by Crippen LogP contribution is -2.24. The number of hydrazone groups is 1. The van der Waals surface area contributed by atoms with E-state index in [0.29, 0.717) is 29.4 Å². The van der Waals surface area contributed by atoms with Gasteiger partial charge >= 0.3 is 0 Å². The number of amides is 1. The standard InChI is InChI=1S/C27H24N4O4/c1-2-34-25-12-5-6-13-26(25)35-18-27(33)31-28-17-20-16-21(14-15-24(20)32)29-30-23-11-7-9-19-8-3-4-10-22(19)23/h3-17,32H,2,18H2,1H3,(H,31,33)/b28-17+,30-29?. The summed E-state index contributed by atoms with van der Waals surface area (Å²) in [6.07, 6.45) is 1.33. The first-order valence-corrected chi connectivity index (χ1v) is 11.0. The summed E-state index contributed by atoms with van der Waals surface area (Å²) in [6, 6.07) is 25.6. The van der Waals surface area contributed by atoms with Gasteiger partial charge in [0.05, 0.1) is 24.2 Å². The van der Waals surface area contributed by atoms with E-state index in [1.165, 1.54) is 12.3 Å². The Kier molecular flexibility index (Phi) is 7.65. The molecule has 0 aromatic heterocycles. The van der Waals surface area contributed by atoms with Crippen LogP contribution in [0.5, 0.6) is 17.2 Å². The summed E-state index contributed by atoms with van der Waals surface area (Å²) in [4.78, 5) is 12.1. The van der Waals surface area contributed by atoms with Gasteiger partial charge in [0, 0.05) is 10.9 Å². The third kappa shape index (κ3) is 6.20. The van der Waals surface area contributed by atoms with Gasteiger partial charge in [0.25, 0.3) is 5.91 Å². The van der Waals surface area contributed by atoms with Gasteiger partial charge < -0.3 is 14.6 Å². The molecule has 8 heteroatoms. The average molecular weight is 469 g/mol. The largest absolute Gasteiger partial charge is 0.507 e. The number of hydrogen-bond donors (Lipinski definition) is 2. The number of ether oxygens (including phenoxy) is 2. The molecule has 0 bridgehead atoms. The Labute approximate surface area is 202 Å². The SMILES string of the molecule is CCOc1ccccc1OCC(=O)N/N=C/c1cc(N=Nc2cccc3ccccc23)ccc1O. The molecular formula is C27H24N4O4. The van der Waals surface area contributed by atoms with E-state index in [4.69, 9.17) is 9.47 Å². The molecule has 8 nitrogen and oxygen atoms in total. The van der Waals surface area contributed by atoms with Gasteiger partial charge in [0.2, 0.25) is 0 Å². The average Bonchev–Trinajstić information content (AvgIpc) is 2.88. The van der Waals surface area contributed by atoms with Crippen molar-refractivity contribution in [2.24, 2.45) is 15.3 Å². The van der Waals surface area contributed by atoms with Crippen LogP contribution >= 0.6 is 0 Å². The molecule has 0 spiro atoms. The number of benzene rings is 4. The molecule has 0 unspecified atom stereocenters. The minimum Gasteiger partial charge on any atom is -0.507 e. The smallest absolute Gasteiger partial charge is 0.277 e. The Morgan fingerprint density at radius 3 is 2.49 bits per heavy atom. The Morgan fingerprint density at radius 2 is 1.66 bits per heavy atom. The minimum atomic E-state index is -0.459. The van der Waals surface area contributed by atoms with Gasteiger partial charge in [-0.15, -0.1) is 5.11 Å². The number of carbonyl (C=O) groups is 1. The molecule has 0 heterocycles. The van der Waals surface area contributed by atoms with E-state index < -0.39 is 5.91 Å². The highest BCUT2D eigenvalue weighted by Gasteiger charge is 2.07. The van der Waals surface area contributed by atoms with E-state index in [-0.39, 0.29) is 12.4 Å². The van der Waals surface area contributed by atoms with Crippen molar-refractivity contribution >= 4 is 34.3 Å². The van der Waals surface area contributed by atoms with Crippen molar-refractivity contribution in [1.82, 2.24) is 5.43 Å². The predicted octanol–water partition coefficient (Wildman–Crippen LogP) is 5.89. The highest BCUT2D eigenvalue weighted by Crippen LogP contribution is 2.29. The number of carbonyl (C=O) groups excluding carboxylic acids is 1.